The van der Waals surface area contributed by atoms with Gasteiger partial charge >= 0.3 is 6.09 Å². The number of aryl methyl sites for hydroxylation is 7. The Morgan fingerprint density at radius 2 is 1.20 bits per heavy atom. The summed E-state index contributed by atoms with van der Waals surface area (Å²) in [6, 6.07) is 17.7. The summed E-state index contributed by atoms with van der Waals surface area (Å²) >= 11 is 6.29. The molecule has 7 heteroatoms. The third kappa shape index (κ3) is 7.68. The number of nitrogens with zero attached hydrogens (tertiary/aromatic N) is 3. The fourth-order valence-electron chi connectivity index (χ4n) is 8.19. The Kier molecular flexibility index (Phi) is 10.7. The van der Waals surface area contributed by atoms with Gasteiger partial charge in [-0.2, -0.15) is 0 Å². The van der Waals surface area contributed by atoms with Crippen molar-refractivity contribution in [3.63, 3.8) is 0 Å². The molecule has 4 aromatic rings. The number of carbonyl (C=O) groups is 1. The maximum atomic E-state index is 12.1. The Morgan fingerprint density at radius 3 is 1.78 bits per heavy atom. The van der Waals surface area contributed by atoms with Gasteiger partial charge in [0.15, 0.2) is 0 Å². The molecule has 2 aromatic carbocycles. The van der Waals surface area contributed by atoms with E-state index in [1.807, 2.05) is 25.4 Å². The van der Waals surface area contributed by atoms with Crippen LogP contribution >= 0.6 is 11.6 Å². The molecule has 51 heavy (non-hydrogen) atoms. The molecule has 1 N–H and O–H groups in total. The van der Waals surface area contributed by atoms with Crippen molar-refractivity contribution in [1.82, 2.24) is 20.2 Å². The smallest absolute Gasteiger partial charge is 0.409 e. The Bertz CT molecular complexity index is 1900. The maximum Gasteiger partial charge on any atom is 0.409 e. The monoisotopic (exact) mass is 700 g/mol. The molecule has 0 saturated carbocycles. The normalized spacial score (nSPS) is 16.8. The number of aromatic nitrogens is 2. The first-order chi connectivity index (χ1) is 24.8. The number of amides is 1. The number of halogens is 1. The highest BCUT2D eigenvalue weighted by atomic mass is 35.5. The first-order valence-corrected chi connectivity index (χ1v) is 19.0. The molecule has 2 aliphatic heterocycles. The molecule has 2 fully saturated rings. The van der Waals surface area contributed by atoms with Crippen LogP contribution in [0.2, 0.25) is 5.02 Å². The fraction of sp³-hybridized carbons (Fsp3) is 0.386. The van der Waals surface area contributed by atoms with Crippen LogP contribution in [0, 0.1) is 20.8 Å². The van der Waals surface area contributed by atoms with Gasteiger partial charge in [0.2, 0.25) is 0 Å². The number of piperidine rings is 2. The van der Waals surface area contributed by atoms with E-state index in [2.05, 4.69) is 68.6 Å². The molecule has 2 aliphatic carbocycles. The zero-order valence-corrected chi connectivity index (χ0v) is 31.3. The third-order valence-electron chi connectivity index (χ3n) is 10.7. The Balaban J connectivity index is 0.000000162. The maximum absolute atomic E-state index is 12.1. The van der Waals surface area contributed by atoms with Crippen LogP contribution in [-0.2, 0) is 30.4 Å². The van der Waals surface area contributed by atoms with Crippen LogP contribution < -0.4 is 5.32 Å². The zero-order valence-electron chi connectivity index (χ0n) is 30.5. The van der Waals surface area contributed by atoms with Crippen molar-refractivity contribution in [2.75, 3.05) is 32.8 Å². The van der Waals surface area contributed by atoms with Gasteiger partial charge in [-0.1, -0.05) is 64.7 Å². The molecule has 6 nitrogen and oxygen atoms in total. The van der Waals surface area contributed by atoms with Gasteiger partial charge in [-0.15, -0.1) is 0 Å². The number of ether oxygens (including phenoxy) is 1. The topological polar surface area (TPSA) is 67.3 Å². The molecule has 4 aliphatic rings. The summed E-state index contributed by atoms with van der Waals surface area (Å²) in [7, 11) is 0. The molecule has 4 heterocycles. The summed E-state index contributed by atoms with van der Waals surface area (Å²) in [6.07, 6.45) is 11.8. The molecule has 2 aromatic heterocycles. The fourth-order valence-corrected chi connectivity index (χ4v) is 8.38. The average molecular weight is 701 g/mol. The van der Waals surface area contributed by atoms with Crippen molar-refractivity contribution in [1.29, 1.82) is 0 Å². The number of nitrogens with one attached hydrogen (secondary N) is 1. The Hall–Kier alpha value is -4.26. The van der Waals surface area contributed by atoms with E-state index in [0.717, 1.165) is 75.2 Å². The second kappa shape index (κ2) is 15.5. The first kappa shape index (κ1) is 35.2. The van der Waals surface area contributed by atoms with Gasteiger partial charge in [0.05, 0.1) is 18.0 Å². The number of fused-ring (bicyclic) bond motifs is 4. The van der Waals surface area contributed by atoms with Gasteiger partial charge in [-0.3, -0.25) is 9.97 Å². The SMILES string of the molecule is CCOC(=O)N1CCC(=C2c3ccc(Cl)cc3CCc3cc(C)cnc32)CC1.Cc1ccc2c(c1)CCc1cc(C)cnc1C2=C1CCNCC1. The van der Waals surface area contributed by atoms with Gasteiger partial charge in [0.25, 0.3) is 0 Å². The number of carbonyl (C=O) groups excluding carboxylic acids is 1. The minimum atomic E-state index is -0.214. The summed E-state index contributed by atoms with van der Waals surface area (Å²) < 4.78 is 5.16. The number of hydrogen-bond acceptors (Lipinski definition) is 5. The molecule has 0 spiro atoms. The van der Waals surface area contributed by atoms with Crippen LogP contribution in [0.4, 0.5) is 4.79 Å². The van der Waals surface area contributed by atoms with E-state index < -0.39 is 0 Å². The summed E-state index contributed by atoms with van der Waals surface area (Å²) in [5.74, 6) is 0. The van der Waals surface area contributed by atoms with Crippen molar-refractivity contribution in [3.8, 4) is 0 Å². The molecule has 0 atom stereocenters. The van der Waals surface area contributed by atoms with Crippen LogP contribution in [0.3, 0.4) is 0 Å². The predicted molar refractivity (Wildman–Crippen MR) is 207 cm³/mol. The van der Waals surface area contributed by atoms with Crippen LogP contribution in [-0.4, -0.2) is 53.7 Å². The minimum Gasteiger partial charge on any atom is -0.450 e. The lowest BCUT2D eigenvalue weighted by molar-refractivity contribution is 0.104. The van der Waals surface area contributed by atoms with E-state index in [-0.39, 0.29) is 6.09 Å². The first-order valence-electron chi connectivity index (χ1n) is 18.7. The number of benzene rings is 2. The second-order valence-electron chi connectivity index (χ2n) is 14.4. The van der Waals surface area contributed by atoms with Crippen LogP contribution in [0.25, 0.3) is 11.1 Å². The van der Waals surface area contributed by atoms with Gasteiger partial charge < -0.3 is 15.0 Å². The van der Waals surface area contributed by atoms with Crippen molar-refractivity contribution in [3.05, 3.63) is 139 Å². The number of likely N-dealkylation sites (tertiary alicyclic amines) is 1. The molecule has 8 rings (SSSR count). The van der Waals surface area contributed by atoms with Crippen molar-refractivity contribution < 1.29 is 9.53 Å². The molecule has 0 unspecified atom stereocenters. The molecule has 0 radical (unpaired) electrons. The van der Waals surface area contributed by atoms with E-state index in [4.69, 9.17) is 26.3 Å². The largest absolute Gasteiger partial charge is 0.450 e. The number of pyridine rings is 2. The molecule has 2 saturated heterocycles. The average Bonchev–Trinajstić information content (AvgIpc) is 3.39. The van der Waals surface area contributed by atoms with Crippen molar-refractivity contribution >= 4 is 28.8 Å². The van der Waals surface area contributed by atoms with Gasteiger partial charge in [-0.25, -0.2) is 4.79 Å². The molecule has 0 bridgehead atoms. The molecular weight excluding hydrogens is 652 g/mol. The highest BCUT2D eigenvalue weighted by Gasteiger charge is 2.27. The van der Waals surface area contributed by atoms with Crippen molar-refractivity contribution in [2.24, 2.45) is 0 Å². The van der Waals surface area contributed by atoms with Gasteiger partial charge in [-0.05, 0) is 149 Å². The van der Waals surface area contributed by atoms with Crippen molar-refractivity contribution in [2.45, 2.75) is 79.1 Å². The lowest BCUT2D eigenvalue weighted by Crippen LogP contribution is -2.37. The zero-order chi connectivity index (χ0) is 35.5. The molecule has 264 valence electrons. The lowest BCUT2D eigenvalue weighted by atomic mass is 9.88. The van der Waals surface area contributed by atoms with Crippen LogP contribution in [0.5, 0.6) is 0 Å². The quantitative estimate of drug-likeness (QED) is 0.215. The van der Waals surface area contributed by atoms with Crippen LogP contribution in [0.1, 0.15) is 94.1 Å². The lowest BCUT2D eigenvalue weighted by Gasteiger charge is -2.29. The second-order valence-corrected chi connectivity index (χ2v) is 14.8. The molecule has 1 amide bonds. The van der Waals surface area contributed by atoms with E-state index in [0.29, 0.717) is 19.7 Å². The summed E-state index contributed by atoms with van der Waals surface area (Å²) in [5.41, 5.74) is 19.9. The molecular formula is C44H49ClN4O2. The Labute approximate surface area is 308 Å². The summed E-state index contributed by atoms with van der Waals surface area (Å²) in [5, 5.41) is 4.25. The standard InChI is InChI=1S/C23H25ClN2O2.C21H24N2/c1-3-28-23(27)26-10-8-16(9-11-26)21-20-7-6-19(24)13-17(20)4-5-18-12-15(2)14-25-22(18)21;1-14-3-6-19-17(11-14)4-5-18-12-15(2)13-23-21(18)20(19)16-7-9-22-10-8-16/h6-7,12-14H,3-5,8-11H2,1-2H3;3,6,11-13,22H,4-5,7-10H2,1-2H3. The van der Waals surface area contributed by atoms with E-state index >= 15 is 0 Å². The van der Waals surface area contributed by atoms with E-state index in [1.165, 1.54) is 72.5 Å². The van der Waals surface area contributed by atoms with E-state index in [1.54, 1.807) is 10.5 Å². The van der Waals surface area contributed by atoms with Gasteiger partial charge in [0.1, 0.15) is 0 Å². The van der Waals surface area contributed by atoms with Crippen LogP contribution in [0.15, 0.2) is 72.1 Å². The highest BCUT2D eigenvalue weighted by molar-refractivity contribution is 6.30. The predicted octanol–water partition coefficient (Wildman–Crippen LogP) is 9.18. The minimum absolute atomic E-state index is 0.214. The summed E-state index contributed by atoms with van der Waals surface area (Å²) in [6.45, 7) is 12.2. The number of rotatable bonds is 1. The highest BCUT2D eigenvalue weighted by Crippen LogP contribution is 2.40. The van der Waals surface area contributed by atoms with Gasteiger partial charge in [0, 0.05) is 41.7 Å². The van der Waals surface area contributed by atoms with E-state index in [9.17, 15) is 4.79 Å². The third-order valence-corrected chi connectivity index (χ3v) is 10.9. The Morgan fingerprint density at radius 1 is 0.686 bits per heavy atom. The number of hydrogen-bond donors (Lipinski definition) is 1. The summed E-state index contributed by atoms with van der Waals surface area (Å²) in [4.78, 5) is 23.6.